The second-order valence-electron chi connectivity index (χ2n) is 7.58. The summed E-state index contributed by atoms with van der Waals surface area (Å²) in [7, 11) is 0. The van der Waals surface area contributed by atoms with Crippen LogP contribution in [0.5, 0.6) is 0 Å². The third kappa shape index (κ3) is 3.35. The number of hydrogen-bond acceptors (Lipinski definition) is 3. The zero-order valence-corrected chi connectivity index (χ0v) is 14.0. The van der Waals surface area contributed by atoms with Crippen LogP contribution < -0.4 is 5.32 Å². The molecule has 1 spiro atoms. The van der Waals surface area contributed by atoms with Gasteiger partial charge in [0.25, 0.3) is 0 Å². The van der Waals surface area contributed by atoms with E-state index in [2.05, 4.69) is 19.2 Å². The van der Waals surface area contributed by atoms with Gasteiger partial charge in [-0.25, -0.2) is 0 Å². The molecule has 0 bridgehead atoms. The fourth-order valence-corrected chi connectivity index (χ4v) is 5.33. The molecule has 0 saturated heterocycles. The van der Waals surface area contributed by atoms with Crippen molar-refractivity contribution in [2.24, 2.45) is 22.2 Å². The molecule has 2 nitrogen and oxygen atoms in total. The average Bonchev–Trinajstić information content (AvgIpc) is 2.47. The molecule has 1 heterocycles. The molecule has 114 valence electrons. The fourth-order valence-electron chi connectivity index (χ4n) is 4.10. The Balaban J connectivity index is 1.52. The largest absolute Gasteiger partial charge is 0.362 e. The Labute approximate surface area is 128 Å². The van der Waals surface area contributed by atoms with Crippen molar-refractivity contribution >= 4 is 16.9 Å². The molecular weight excluding hydrogens is 264 g/mol. The number of nitrogens with zero attached hydrogens (tertiary/aromatic N) is 1. The predicted octanol–water partition coefficient (Wildman–Crippen LogP) is 4.45. The molecule has 3 atom stereocenters. The van der Waals surface area contributed by atoms with Crippen LogP contribution in [0.2, 0.25) is 0 Å². The van der Waals surface area contributed by atoms with Crippen LogP contribution in [0.1, 0.15) is 65.2 Å². The van der Waals surface area contributed by atoms with E-state index in [1.54, 1.807) is 0 Å². The van der Waals surface area contributed by atoms with E-state index in [-0.39, 0.29) is 0 Å². The van der Waals surface area contributed by atoms with Crippen LogP contribution in [0.3, 0.4) is 0 Å². The first kappa shape index (κ1) is 14.7. The molecule has 20 heavy (non-hydrogen) atoms. The predicted molar refractivity (Wildman–Crippen MR) is 89.4 cm³/mol. The summed E-state index contributed by atoms with van der Waals surface area (Å²) in [6, 6.07) is 0.674. The van der Waals surface area contributed by atoms with Crippen LogP contribution in [0.25, 0.3) is 0 Å². The topological polar surface area (TPSA) is 24.4 Å². The van der Waals surface area contributed by atoms with Gasteiger partial charge < -0.3 is 5.32 Å². The highest BCUT2D eigenvalue weighted by atomic mass is 32.2. The number of thioether (sulfide) groups is 1. The van der Waals surface area contributed by atoms with Crippen molar-refractivity contribution in [1.82, 2.24) is 5.32 Å². The summed E-state index contributed by atoms with van der Waals surface area (Å²) in [6.45, 7) is 5.90. The van der Waals surface area contributed by atoms with Crippen molar-refractivity contribution in [3.8, 4) is 0 Å². The SMILES string of the molecule is CC1CCC(NC2=NCC3(CCCCC3)CS2)CC1C. The molecule has 0 aromatic rings. The molecule has 1 aliphatic heterocycles. The molecule has 0 amide bonds. The van der Waals surface area contributed by atoms with E-state index in [0.717, 1.165) is 18.4 Å². The summed E-state index contributed by atoms with van der Waals surface area (Å²) >= 11 is 2.00. The van der Waals surface area contributed by atoms with Gasteiger partial charge in [0.1, 0.15) is 0 Å². The normalized spacial score (nSPS) is 37.5. The first-order chi connectivity index (χ1) is 9.67. The number of nitrogens with one attached hydrogen (secondary N) is 1. The third-order valence-electron chi connectivity index (χ3n) is 5.91. The summed E-state index contributed by atoms with van der Waals surface area (Å²) in [5, 5.41) is 4.99. The smallest absolute Gasteiger partial charge is 0.156 e. The third-order valence-corrected chi connectivity index (χ3v) is 7.19. The standard InChI is InChI=1S/C17H30N2S/c1-13-6-7-15(10-14(13)2)19-16-18-11-17(12-20-16)8-4-3-5-9-17/h13-15H,3-12H2,1-2H3,(H,18,19). The van der Waals surface area contributed by atoms with Crippen molar-refractivity contribution in [2.45, 2.75) is 71.3 Å². The molecule has 0 aromatic carbocycles. The maximum atomic E-state index is 4.91. The molecule has 0 radical (unpaired) electrons. The Kier molecular flexibility index (Phi) is 4.64. The number of hydrogen-bond donors (Lipinski definition) is 1. The van der Waals surface area contributed by atoms with Gasteiger partial charge in [-0.2, -0.15) is 0 Å². The molecule has 2 aliphatic carbocycles. The van der Waals surface area contributed by atoms with E-state index in [1.807, 2.05) is 11.8 Å². The van der Waals surface area contributed by atoms with Gasteiger partial charge in [-0.3, -0.25) is 4.99 Å². The zero-order chi connectivity index (χ0) is 14.0. The van der Waals surface area contributed by atoms with Gasteiger partial charge in [-0.05, 0) is 49.4 Å². The lowest BCUT2D eigenvalue weighted by molar-refractivity contribution is 0.229. The Hall–Kier alpha value is -0.180. The Bertz CT molecular complexity index is 360. The van der Waals surface area contributed by atoms with Crippen LogP contribution in [-0.2, 0) is 0 Å². The minimum absolute atomic E-state index is 0.558. The molecule has 0 aromatic heterocycles. The molecule has 3 aliphatic rings. The molecule has 3 rings (SSSR count). The van der Waals surface area contributed by atoms with E-state index in [9.17, 15) is 0 Å². The van der Waals surface area contributed by atoms with Crippen molar-refractivity contribution in [3.05, 3.63) is 0 Å². The Morgan fingerprint density at radius 2 is 1.90 bits per heavy atom. The molecule has 3 heteroatoms. The monoisotopic (exact) mass is 294 g/mol. The minimum Gasteiger partial charge on any atom is -0.362 e. The summed E-state index contributed by atoms with van der Waals surface area (Å²) in [6.07, 6.45) is 11.2. The molecule has 2 fully saturated rings. The summed E-state index contributed by atoms with van der Waals surface area (Å²) in [4.78, 5) is 4.91. The second-order valence-corrected chi connectivity index (χ2v) is 8.54. The van der Waals surface area contributed by atoms with Gasteiger partial charge in [0.15, 0.2) is 5.17 Å². The average molecular weight is 295 g/mol. The van der Waals surface area contributed by atoms with E-state index in [1.165, 1.54) is 62.3 Å². The van der Waals surface area contributed by atoms with Gasteiger partial charge in [0.2, 0.25) is 0 Å². The Morgan fingerprint density at radius 3 is 2.55 bits per heavy atom. The highest BCUT2D eigenvalue weighted by Crippen LogP contribution is 2.41. The number of amidine groups is 1. The van der Waals surface area contributed by atoms with E-state index in [4.69, 9.17) is 4.99 Å². The lowest BCUT2D eigenvalue weighted by atomic mass is 9.75. The quantitative estimate of drug-likeness (QED) is 0.772. The van der Waals surface area contributed by atoms with Gasteiger partial charge in [-0.1, -0.05) is 44.9 Å². The first-order valence-corrected chi connectivity index (χ1v) is 9.59. The zero-order valence-electron chi connectivity index (χ0n) is 13.2. The van der Waals surface area contributed by atoms with Crippen LogP contribution in [-0.4, -0.2) is 23.5 Å². The van der Waals surface area contributed by atoms with Crippen LogP contribution >= 0.6 is 11.8 Å². The van der Waals surface area contributed by atoms with Crippen LogP contribution in [0.15, 0.2) is 4.99 Å². The molecular formula is C17H30N2S. The van der Waals surface area contributed by atoms with Crippen molar-refractivity contribution in [1.29, 1.82) is 0 Å². The number of rotatable bonds is 1. The first-order valence-electron chi connectivity index (χ1n) is 8.61. The van der Waals surface area contributed by atoms with E-state index < -0.39 is 0 Å². The summed E-state index contributed by atoms with van der Waals surface area (Å²) in [5.74, 6) is 3.07. The fraction of sp³-hybridized carbons (Fsp3) is 0.941. The maximum absolute atomic E-state index is 4.91. The van der Waals surface area contributed by atoms with Crippen molar-refractivity contribution in [2.75, 3.05) is 12.3 Å². The molecule has 1 N–H and O–H groups in total. The minimum atomic E-state index is 0.558. The lowest BCUT2D eigenvalue weighted by Gasteiger charge is -2.39. The van der Waals surface area contributed by atoms with Gasteiger partial charge >= 0.3 is 0 Å². The van der Waals surface area contributed by atoms with E-state index >= 15 is 0 Å². The Morgan fingerprint density at radius 1 is 1.10 bits per heavy atom. The van der Waals surface area contributed by atoms with Crippen LogP contribution in [0.4, 0.5) is 0 Å². The number of aliphatic imine (C=N–C) groups is 1. The van der Waals surface area contributed by atoms with E-state index in [0.29, 0.717) is 11.5 Å². The summed E-state index contributed by atoms with van der Waals surface area (Å²) < 4.78 is 0. The van der Waals surface area contributed by atoms with Gasteiger partial charge in [0, 0.05) is 18.3 Å². The molecule has 3 unspecified atom stereocenters. The summed E-state index contributed by atoms with van der Waals surface area (Å²) in [5.41, 5.74) is 0.558. The van der Waals surface area contributed by atoms with Crippen molar-refractivity contribution < 1.29 is 0 Å². The van der Waals surface area contributed by atoms with Gasteiger partial charge in [0.05, 0.1) is 0 Å². The lowest BCUT2D eigenvalue weighted by Crippen LogP contribution is -2.42. The maximum Gasteiger partial charge on any atom is 0.156 e. The van der Waals surface area contributed by atoms with Crippen molar-refractivity contribution in [3.63, 3.8) is 0 Å². The second kappa shape index (κ2) is 6.29. The van der Waals surface area contributed by atoms with Gasteiger partial charge in [-0.15, -0.1) is 0 Å². The highest BCUT2D eigenvalue weighted by molar-refractivity contribution is 8.13. The highest BCUT2D eigenvalue weighted by Gasteiger charge is 2.35. The van der Waals surface area contributed by atoms with Crippen LogP contribution in [0, 0.1) is 17.3 Å². The molecule has 2 saturated carbocycles.